The molecule has 4 aliphatic rings. The first-order valence-corrected chi connectivity index (χ1v) is 14.4. The highest BCUT2D eigenvalue weighted by molar-refractivity contribution is 5.20. The van der Waals surface area contributed by atoms with Gasteiger partial charge in [0.05, 0.1) is 6.10 Å². The average Bonchev–Trinajstić information content (AvgIpc) is 3.15. The van der Waals surface area contributed by atoms with Crippen LogP contribution in [0.4, 0.5) is 8.78 Å². The van der Waals surface area contributed by atoms with Crippen LogP contribution in [0.3, 0.4) is 0 Å². The van der Waals surface area contributed by atoms with Gasteiger partial charge in [0.25, 0.3) is 0 Å². The molecule has 0 aromatic heterocycles. The fourth-order valence-electron chi connectivity index (χ4n) is 10.0. The Hall–Kier alpha value is -0.960. The Balaban J connectivity index is 1.20. The van der Waals surface area contributed by atoms with Gasteiger partial charge in [-0.15, -0.1) is 0 Å². The molecule has 1 nitrogen and oxygen atoms in total. The smallest absolute Gasteiger partial charge is 0.126 e. The molecule has 1 unspecified atom stereocenters. The van der Waals surface area contributed by atoms with E-state index in [1.807, 2.05) is 0 Å². The van der Waals surface area contributed by atoms with Gasteiger partial charge in [-0.05, 0) is 122 Å². The zero-order valence-electron chi connectivity index (χ0n) is 21.7. The third-order valence-electron chi connectivity index (χ3n) is 11.8. The molecule has 190 valence electrons. The Morgan fingerprint density at radius 2 is 1.59 bits per heavy atom. The maximum Gasteiger partial charge on any atom is 0.126 e. The van der Waals surface area contributed by atoms with E-state index < -0.39 is 17.7 Å². The maximum atomic E-state index is 13.5. The molecule has 4 saturated carbocycles. The van der Waals surface area contributed by atoms with Crippen LogP contribution in [0, 0.1) is 58.0 Å². The third-order valence-corrected chi connectivity index (χ3v) is 11.8. The summed E-state index contributed by atoms with van der Waals surface area (Å²) in [5, 5.41) is 10.5. The zero-order valence-corrected chi connectivity index (χ0v) is 21.7. The lowest BCUT2D eigenvalue weighted by atomic mass is 9.44. The maximum absolute atomic E-state index is 13.5. The molecule has 3 heteroatoms. The molecule has 0 radical (unpaired) electrons. The van der Waals surface area contributed by atoms with E-state index >= 15 is 0 Å². The minimum Gasteiger partial charge on any atom is -0.388 e. The van der Waals surface area contributed by atoms with Crippen molar-refractivity contribution in [2.75, 3.05) is 0 Å². The lowest BCUT2D eigenvalue weighted by Crippen LogP contribution is -2.53. The second-order valence-electron chi connectivity index (χ2n) is 13.3. The molecule has 0 amide bonds. The molecule has 4 fully saturated rings. The molecule has 5 rings (SSSR count). The summed E-state index contributed by atoms with van der Waals surface area (Å²) in [4.78, 5) is 0. The van der Waals surface area contributed by atoms with Crippen LogP contribution in [0.25, 0.3) is 0 Å². The van der Waals surface area contributed by atoms with Crippen molar-refractivity contribution in [3.63, 3.8) is 0 Å². The Morgan fingerprint density at radius 1 is 0.853 bits per heavy atom. The van der Waals surface area contributed by atoms with Crippen LogP contribution < -0.4 is 0 Å². The van der Waals surface area contributed by atoms with E-state index in [0.717, 1.165) is 48.5 Å². The second kappa shape index (κ2) is 9.49. The molecule has 1 aromatic carbocycles. The zero-order chi connectivity index (χ0) is 24.1. The Bertz CT molecular complexity index is 849. The quantitative estimate of drug-likeness (QED) is 0.438. The van der Waals surface area contributed by atoms with E-state index in [-0.39, 0.29) is 0 Å². The van der Waals surface area contributed by atoms with Gasteiger partial charge >= 0.3 is 0 Å². The highest BCUT2D eigenvalue weighted by Gasteiger charge is 2.60. The van der Waals surface area contributed by atoms with E-state index in [0.29, 0.717) is 28.7 Å². The first-order chi connectivity index (χ1) is 16.2. The lowest BCUT2D eigenvalue weighted by Gasteiger charge is -2.61. The molecular formula is C31H46F2O. The van der Waals surface area contributed by atoms with Crippen LogP contribution in [-0.4, -0.2) is 5.11 Å². The van der Waals surface area contributed by atoms with Gasteiger partial charge in [0, 0.05) is 6.07 Å². The summed E-state index contributed by atoms with van der Waals surface area (Å²) in [5.74, 6) is 3.99. The molecule has 0 bridgehead atoms. The summed E-state index contributed by atoms with van der Waals surface area (Å²) >= 11 is 0. The fourth-order valence-corrected chi connectivity index (χ4v) is 10.0. The highest BCUT2D eigenvalue weighted by atomic mass is 19.1. The molecule has 34 heavy (non-hydrogen) atoms. The molecule has 1 N–H and O–H groups in total. The van der Waals surface area contributed by atoms with Crippen LogP contribution in [0.2, 0.25) is 0 Å². The van der Waals surface area contributed by atoms with Crippen molar-refractivity contribution in [2.45, 2.75) is 110 Å². The minimum absolute atomic E-state index is 0.364. The lowest BCUT2D eigenvalue weighted by molar-refractivity contribution is -0.114. The minimum atomic E-state index is -0.786. The average molecular weight is 473 g/mol. The predicted octanol–water partition coefficient (Wildman–Crippen LogP) is 8.85. The Labute approximate surface area is 206 Å². The fraction of sp³-hybridized carbons (Fsp3) is 0.806. The number of halogens is 2. The highest BCUT2D eigenvalue weighted by Crippen LogP contribution is 2.68. The molecule has 0 spiro atoms. The first kappa shape index (κ1) is 24.7. The summed E-state index contributed by atoms with van der Waals surface area (Å²) in [7, 11) is 0. The van der Waals surface area contributed by atoms with Crippen molar-refractivity contribution in [2.24, 2.45) is 46.3 Å². The number of rotatable bonds is 6. The summed E-state index contributed by atoms with van der Waals surface area (Å²) in [6.07, 6.45) is 16.2. The van der Waals surface area contributed by atoms with Crippen molar-refractivity contribution in [1.82, 2.24) is 0 Å². The van der Waals surface area contributed by atoms with Crippen LogP contribution in [0.1, 0.15) is 116 Å². The Kier molecular flexibility index (Phi) is 6.90. The van der Waals surface area contributed by atoms with Crippen molar-refractivity contribution in [1.29, 1.82) is 0 Å². The van der Waals surface area contributed by atoms with Crippen molar-refractivity contribution < 1.29 is 13.9 Å². The molecule has 9 atom stereocenters. The summed E-state index contributed by atoms with van der Waals surface area (Å²) in [6.45, 7) is 7.72. The van der Waals surface area contributed by atoms with Gasteiger partial charge in [-0.3, -0.25) is 0 Å². The van der Waals surface area contributed by atoms with Gasteiger partial charge in [-0.2, -0.15) is 0 Å². The molecule has 0 saturated heterocycles. The summed E-state index contributed by atoms with van der Waals surface area (Å²) in [6, 6.07) is 3.39. The SMILES string of the molecule is C[C@H](CCCC(O)c1cc(F)cc(F)c1)[C@H]1CC[C@H]2[C@@H]3CC[C@H]4CCCC[C@]4(C)[C@H]3CC[C@]12C. The number of hydrogen-bond donors (Lipinski definition) is 1. The largest absolute Gasteiger partial charge is 0.388 e. The van der Waals surface area contributed by atoms with Gasteiger partial charge in [0.2, 0.25) is 0 Å². The van der Waals surface area contributed by atoms with Crippen molar-refractivity contribution >= 4 is 0 Å². The third kappa shape index (κ3) is 4.27. The van der Waals surface area contributed by atoms with E-state index in [9.17, 15) is 13.9 Å². The van der Waals surface area contributed by atoms with E-state index in [4.69, 9.17) is 0 Å². The monoisotopic (exact) mass is 472 g/mol. The van der Waals surface area contributed by atoms with Crippen LogP contribution in [0.15, 0.2) is 18.2 Å². The molecular weight excluding hydrogens is 426 g/mol. The van der Waals surface area contributed by atoms with Gasteiger partial charge in [-0.1, -0.05) is 46.5 Å². The van der Waals surface area contributed by atoms with Gasteiger partial charge in [0.1, 0.15) is 11.6 Å². The van der Waals surface area contributed by atoms with Crippen LogP contribution in [-0.2, 0) is 0 Å². The molecule has 0 heterocycles. The number of hydrogen-bond acceptors (Lipinski definition) is 1. The number of fused-ring (bicyclic) bond motifs is 5. The van der Waals surface area contributed by atoms with Crippen LogP contribution in [0.5, 0.6) is 0 Å². The van der Waals surface area contributed by atoms with Gasteiger partial charge in [-0.25, -0.2) is 8.78 Å². The van der Waals surface area contributed by atoms with E-state index in [1.54, 1.807) is 0 Å². The molecule has 4 aliphatic carbocycles. The Morgan fingerprint density at radius 3 is 2.35 bits per heavy atom. The van der Waals surface area contributed by atoms with Gasteiger partial charge < -0.3 is 5.11 Å². The van der Waals surface area contributed by atoms with Crippen molar-refractivity contribution in [3.05, 3.63) is 35.4 Å². The van der Waals surface area contributed by atoms with Gasteiger partial charge in [0.15, 0.2) is 0 Å². The number of aliphatic hydroxyl groups excluding tert-OH is 1. The van der Waals surface area contributed by atoms with Crippen molar-refractivity contribution in [3.8, 4) is 0 Å². The van der Waals surface area contributed by atoms with E-state index in [1.165, 1.54) is 76.3 Å². The second-order valence-corrected chi connectivity index (χ2v) is 13.3. The van der Waals surface area contributed by atoms with E-state index in [2.05, 4.69) is 20.8 Å². The standard InChI is InChI=1S/C31H46F2O/c1-20(7-6-9-29(34)21-17-23(32)19-24(33)18-21)26-12-13-27-25-11-10-22-8-4-5-15-30(22,2)28(25)14-16-31(26,27)3/h17-20,22,25-29,34H,4-16H2,1-3H3/t20-,22-,25+,26-,27+,28+,29?,30+,31-/m1/s1. The molecule has 0 aliphatic heterocycles. The normalized spacial score (nSPS) is 41.3. The number of aliphatic hydroxyl groups is 1. The number of benzene rings is 1. The topological polar surface area (TPSA) is 20.2 Å². The first-order valence-electron chi connectivity index (χ1n) is 14.4. The summed E-state index contributed by atoms with van der Waals surface area (Å²) in [5.41, 5.74) is 1.45. The molecule has 1 aromatic rings. The summed E-state index contributed by atoms with van der Waals surface area (Å²) < 4.78 is 27.1. The van der Waals surface area contributed by atoms with Crippen LogP contribution >= 0.6 is 0 Å². The predicted molar refractivity (Wildman–Crippen MR) is 134 cm³/mol.